The summed E-state index contributed by atoms with van der Waals surface area (Å²) in [5, 5.41) is 0.663. The lowest BCUT2D eigenvalue weighted by atomic mass is 10.1. The number of thiazole rings is 1. The molecule has 0 saturated carbocycles. The fraction of sp³-hybridized carbons (Fsp3) is 0.481. The molecule has 36 heavy (non-hydrogen) atoms. The Morgan fingerprint density at radius 2 is 1.58 bits per heavy atom. The zero-order valence-electron chi connectivity index (χ0n) is 22.2. The van der Waals surface area contributed by atoms with Crippen LogP contribution >= 0.6 is 11.3 Å². The van der Waals surface area contributed by atoms with Crippen LogP contribution in [0, 0.1) is 13.8 Å². The van der Waals surface area contributed by atoms with Gasteiger partial charge in [-0.2, -0.15) is 4.31 Å². The Labute approximate surface area is 219 Å². The van der Waals surface area contributed by atoms with E-state index in [1.165, 1.54) is 15.6 Å². The van der Waals surface area contributed by atoms with Gasteiger partial charge in [-0.1, -0.05) is 31.3 Å². The number of hydrogen-bond acceptors (Lipinski definition) is 6. The zero-order chi connectivity index (χ0) is 26.5. The largest absolute Gasteiger partial charge is 0.309 e. The molecule has 0 aliphatic rings. The fourth-order valence-corrected chi connectivity index (χ4v) is 7.02. The minimum absolute atomic E-state index is 0.176. The maximum atomic E-state index is 13.7. The number of fused-ring (bicyclic) bond motifs is 1. The van der Waals surface area contributed by atoms with Crippen LogP contribution in [0.4, 0.5) is 5.13 Å². The SMILES string of the molecule is CCCN(CCC)S(=O)(=O)c1ccc(C(=O)N(CCCN(C)C)c2nc3c(C)cc(C)cc3s2)cc1. The van der Waals surface area contributed by atoms with Gasteiger partial charge in [-0.15, -0.1) is 0 Å². The molecular formula is C27H38N4O3S2. The van der Waals surface area contributed by atoms with Gasteiger partial charge in [-0.05, 0) is 95.2 Å². The topological polar surface area (TPSA) is 73.8 Å². The lowest BCUT2D eigenvalue weighted by Gasteiger charge is -2.22. The van der Waals surface area contributed by atoms with Gasteiger partial charge in [0, 0.05) is 25.2 Å². The van der Waals surface area contributed by atoms with Crippen LogP contribution in [0.1, 0.15) is 54.6 Å². The Kier molecular flexibility index (Phi) is 9.63. The normalized spacial score (nSPS) is 12.1. The maximum absolute atomic E-state index is 13.7. The Bertz CT molecular complexity index is 1280. The molecule has 0 atom stereocenters. The smallest absolute Gasteiger partial charge is 0.260 e. The van der Waals surface area contributed by atoms with Crippen molar-refractivity contribution in [2.75, 3.05) is 45.2 Å². The summed E-state index contributed by atoms with van der Waals surface area (Å²) in [6.45, 7) is 10.4. The molecule has 2 aromatic carbocycles. The molecule has 196 valence electrons. The van der Waals surface area contributed by atoms with Crippen molar-refractivity contribution in [3.05, 3.63) is 53.1 Å². The van der Waals surface area contributed by atoms with Gasteiger partial charge in [0.1, 0.15) is 0 Å². The fourth-order valence-electron chi connectivity index (χ4n) is 4.23. The minimum atomic E-state index is -3.60. The highest BCUT2D eigenvalue weighted by Gasteiger charge is 2.25. The van der Waals surface area contributed by atoms with Crippen LogP contribution in [0.5, 0.6) is 0 Å². The van der Waals surface area contributed by atoms with Crippen molar-refractivity contribution < 1.29 is 13.2 Å². The Morgan fingerprint density at radius 3 is 2.17 bits per heavy atom. The third-order valence-electron chi connectivity index (χ3n) is 5.97. The number of anilines is 1. The maximum Gasteiger partial charge on any atom is 0.260 e. The monoisotopic (exact) mass is 530 g/mol. The van der Waals surface area contributed by atoms with E-state index in [0.29, 0.717) is 30.3 Å². The van der Waals surface area contributed by atoms with E-state index in [4.69, 9.17) is 4.98 Å². The second-order valence-corrected chi connectivity index (χ2v) is 12.4. The molecule has 0 aliphatic carbocycles. The molecule has 0 spiro atoms. The van der Waals surface area contributed by atoms with Crippen molar-refractivity contribution in [2.45, 2.75) is 51.9 Å². The number of hydrogen-bond donors (Lipinski definition) is 0. The first-order chi connectivity index (χ1) is 17.1. The van der Waals surface area contributed by atoms with Crippen LogP contribution in [0.2, 0.25) is 0 Å². The second kappa shape index (κ2) is 12.3. The molecule has 0 unspecified atom stereocenters. The second-order valence-electron chi connectivity index (χ2n) is 9.47. The average Bonchev–Trinajstić information content (AvgIpc) is 3.25. The highest BCUT2D eigenvalue weighted by molar-refractivity contribution is 7.89. The molecule has 9 heteroatoms. The van der Waals surface area contributed by atoms with Gasteiger partial charge in [-0.25, -0.2) is 13.4 Å². The van der Waals surface area contributed by atoms with E-state index in [0.717, 1.165) is 47.2 Å². The summed E-state index contributed by atoms with van der Waals surface area (Å²) in [7, 11) is 0.421. The van der Waals surface area contributed by atoms with Crippen LogP contribution in [0.3, 0.4) is 0 Å². The van der Waals surface area contributed by atoms with E-state index >= 15 is 0 Å². The summed E-state index contributed by atoms with van der Waals surface area (Å²) < 4.78 is 28.8. The molecule has 3 rings (SSSR count). The van der Waals surface area contributed by atoms with E-state index in [2.05, 4.69) is 24.0 Å². The standard InChI is InChI=1S/C27H38N4O3S2/c1-7-14-30(15-8-2)36(33,34)23-12-10-22(11-13-23)26(32)31(17-9-16-29(5)6)27-28-25-21(4)18-20(3)19-24(25)35-27/h10-13,18-19H,7-9,14-17H2,1-6H3. The number of nitrogens with zero attached hydrogens (tertiary/aromatic N) is 4. The van der Waals surface area contributed by atoms with Gasteiger partial charge >= 0.3 is 0 Å². The van der Waals surface area contributed by atoms with E-state index in [1.807, 2.05) is 34.9 Å². The van der Waals surface area contributed by atoms with Crippen molar-refractivity contribution >= 4 is 42.6 Å². The molecule has 0 saturated heterocycles. The van der Waals surface area contributed by atoms with Crippen molar-refractivity contribution in [2.24, 2.45) is 0 Å². The van der Waals surface area contributed by atoms with Gasteiger partial charge in [0.05, 0.1) is 15.1 Å². The first kappa shape index (κ1) is 28.2. The summed E-state index contributed by atoms with van der Waals surface area (Å²) >= 11 is 1.52. The zero-order valence-corrected chi connectivity index (χ0v) is 23.9. The molecule has 0 radical (unpaired) electrons. The van der Waals surface area contributed by atoms with Crippen LogP contribution in [0.25, 0.3) is 10.2 Å². The first-order valence-electron chi connectivity index (χ1n) is 12.5. The van der Waals surface area contributed by atoms with Crippen LogP contribution < -0.4 is 4.90 Å². The number of rotatable bonds is 12. The number of sulfonamides is 1. The highest BCUT2D eigenvalue weighted by atomic mass is 32.2. The molecule has 7 nitrogen and oxygen atoms in total. The van der Waals surface area contributed by atoms with Gasteiger partial charge < -0.3 is 4.90 Å². The Morgan fingerprint density at radius 1 is 0.944 bits per heavy atom. The van der Waals surface area contributed by atoms with Crippen LogP contribution in [0.15, 0.2) is 41.3 Å². The molecule has 1 amide bonds. The molecule has 0 bridgehead atoms. The van der Waals surface area contributed by atoms with Crippen molar-refractivity contribution in [3.8, 4) is 0 Å². The summed E-state index contributed by atoms with van der Waals surface area (Å²) in [6.07, 6.45) is 2.29. The third kappa shape index (κ3) is 6.51. The van der Waals surface area contributed by atoms with Gasteiger partial charge in [0.25, 0.3) is 5.91 Å². The molecular weight excluding hydrogens is 492 g/mol. The van der Waals surface area contributed by atoms with Crippen molar-refractivity contribution in [3.63, 3.8) is 0 Å². The van der Waals surface area contributed by atoms with Crippen LogP contribution in [-0.2, 0) is 10.0 Å². The molecule has 1 aromatic heterocycles. The van der Waals surface area contributed by atoms with E-state index in [-0.39, 0.29) is 10.8 Å². The van der Waals surface area contributed by atoms with E-state index in [1.54, 1.807) is 29.2 Å². The summed E-state index contributed by atoms with van der Waals surface area (Å²) in [4.78, 5) is 22.5. The van der Waals surface area contributed by atoms with Gasteiger partial charge in [0.15, 0.2) is 5.13 Å². The number of amides is 1. The van der Waals surface area contributed by atoms with E-state index < -0.39 is 10.0 Å². The van der Waals surface area contributed by atoms with Gasteiger partial charge in [-0.3, -0.25) is 9.69 Å². The number of carbonyl (C=O) groups excluding carboxylic acids is 1. The first-order valence-corrected chi connectivity index (χ1v) is 14.8. The number of aromatic nitrogens is 1. The molecule has 0 aliphatic heterocycles. The summed E-state index contributed by atoms with van der Waals surface area (Å²) in [5.41, 5.74) is 3.62. The molecule has 3 aromatic rings. The lowest BCUT2D eigenvalue weighted by Crippen LogP contribution is -2.34. The van der Waals surface area contributed by atoms with Crippen molar-refractivity contribution in [1.82, 2.24) is 14.2 Å². The summed E-state index contributed by atoms with van der Waals surface area (Å²) in [6, 6.07) is 10.5. The average molecular weight is 531 g/mol. The number of aryl methyl sites for hydroxylation is 2. The number of carbonyl (C=O) groups is 1. The molecule has 0 fully saturated rings. The Hall–Kier alpha value is -2.33. The molecule has 0 N–H and O–H groups in total. The van der Waals surface area contributed by atoms with Crippen molar-refractivity contribution in [1.29, 1.82) is 0 Å². The van der Waals surface area contributed by atoms with Gasteiger partial charge in [0.2, 0.25) is 10.0 Å². The van der Waals surface area contributed by atoms with Crippen LogP contribution in [-0.4, -0.2) is 68.8 Å². The Balaban J connectivity index is 1.93. The minimum Gasteiger partial charge on any atom is -0.309 e. The number of benzene rings is 2. The summed E-state index contributed by atoms with van der Waals surface area (Å²) in [5.74, 6) is -0.176. The molecule has 1 heterocycles. The quantitative estimate of drug-likeness (QED) is 0.317. The van der Waals surface area contributed by atoms with E-state index in [9.17, 15) is 13.2 Å². The highest BCUT2D eigenvalue weighted by Crippen LogP contribution is 2.32. The predicted octanol–water partition coefficient (Wildman–Crippen LogP) is 5.32. The third-order valence-corrected chi connectivity index (χ3v) is 8.90. The lowest BCUT2D eigenvalue weighted by molar-refractivity contribution is 0.0986. The predicted molar refractivity (Wildman–Crippen MR) is 150 cm³/mol.